The van der Waals surface area contributed by atoms with Crippen LogP contribution in [0.25, 0.3) is 0 Å². The Labute approximate surface area is 279 Å². The van der Waals surface area contributed by atoms with E-state index in [0.717, 1.165) is 31.2 Å². The second kappa shape index (κ2) is 21.1. The van der Waals surface area contributed by atoms with Crippen LogP contribution in [0.1, 0.15) is 157 Å². The van der Waals surface area contributed by atoms with Crippen LogP contribution in [0.3, 0.4) is 0 Å². The maximum atomic E-state index is 13.7. The van der Waals surface area contributed by atoms with Crippen LogP contribution in [0.4, 0.5) is 0 Å². The fraction of sp³-hybridized carbons (Fsp3) is 0.744. The average Bonchev–Trinajstić information content (AvgIpc) is 2.98. The van der Waals surface area contributed by atoms with Crippen molar-refractivity contribution in [2.45, 2.75) is 163 Å². The van der Waals surface area contributed by atoms with Crippen LogP contribution in [0, 0.1) is 34.5 Å². The molecule has 1 aromatic carbocycles. The van der Waals surface area contributed by atoms with E-state index in [4.69, 9.17) is 9.47 Å². The first-order chi connectivity index (χ1) is 21.6. The van der Waals surface area contributed by atoms with E-state index in [2.05, 4.69) is 19.9 Å². The number of carbonyl (C=O) groups is 3. The molecule has 260 valence electrons. The Morgan fingerprint density at radius 2 is 1.43 bits per heavy atom. The van der Waals surface area contributed by atoms with Gasteiger partial charge in [-0.1, -0.05) is 89.1 Å². The van der Waals surface area contributed by atoms with Gasteiger partial charge in [0.05, 0.1) is 29.4 Å². The highest BCUT2D eigenvalue weighted by atomic mass is 16.6. The Hall–Kier alpha value is -2.88. The quantitative estimate of drug-likeness (QED) is 0.0934. The van der Waals surface area contributed by atoms with Crippen molar-refractivity contribution in [3.8, 4) is 6.07 Å². The maximum Gasteiger partial charge on any atom is 0.312 e. The minimum Gasteiger partial charge on any atom is -0.481 e. The number of unbranched alkanes of at least 4 members (excludes halogenated alkanes) is 7. The predicted molar refractivity (Wildman–Crippen MR) is 184 cm³/mol. The molecule has 7 nitrogen and oxygen atoms in total. The van der Waals surface area contributed by atoms with Gasteiger partial charge in [-0.05, 0) is 98.0 Å². The largest absolute Gasteiger partial charge is 0.481 e. The second-order valence-electron chi connectivity index (χ2n) is 14.9. The van der Waals surface area contributed by atoms with Crippen LogP contribution < -0.4 is 0 Å². The fourth-order valence-electron chi connectivity index (χ4n) is 6.09. The third kappa shape index (κ3) is 16.6. The molecule has 7 heteroatoms. The van der Waals surface area contributed by atoms with Gasteiger partial charge in [0.1, 0.15) is 5.60 Å². The zero-order valence-corrected chi connectivity index (χ0v) is 30.1. The highest BCUT2D eigenvalue weighted by Crippen LogP contribution is 2.36. The van der Waals surface area contributed by atoms with Crippen LogP contribution in [-0.2, 0) is 23.9 Å². The van der Waals surface area contributed by atoms with Crippen molar-refractivity contribution in [2.24, 2.45) is 23.2 Å². The first-order valence-electron chi connectivity index (χ1n) is 17.7. The van der Waals surface area contributed by atoms with E-state index >= 15 is 0 Å². The van der Waals surface area contributed by atoms with Gasteiger partial charge in [0.2, 0.25) is 0 Å². The number of carboxylic acid groups (broad SMARTS) is 1. The summed E-state index contributed by atoms with van der Waals surface area (Å²) in [4.78, 5) is 39.4. The number of carbonyl (C=O) groups excluding carboxylic acids is 2. The molecule has 1 rings (SSSR count). The number of hydrogen-bond acceptors (Lipinski definition) is 6. The molecule has 5 atom stereocenters. The lowest BCUT2D eigenvalue weighted by Gasteiger charge is -2.32. The van der Waals surface area contributed by atoms with Crippen molar-refractivity contribution < 1.29 is 29.0 Å². The van der Waals surface area contributed by atoms with E-state index in [1.165, 1.54) is 38.5 Å². The fourth-order valence-corrected chi connectivity index (χ4v) is 6.09. The number of esters is 2. The molecular formula is C39H63NO6. The third-order valence-electron chi connectivity index (χ3n) is 8.83. The van der Waals surface area contributed by atoms with Gasteiger partial charge in [-0.3, -0.25) is 14.4 Å². The molecule has 0 amide bonds. The van der Waals surface area contributed by atoms with E-state index in [1.54, 1.807) is 34.6 Å². The molecule has 0 aliphatic rings. The number of carboxylic acids is 1. The van der Waals surface area contributed by atoms with E-state index in [-0.39, 0.29) is 31.3 Å². The van der Waals surface area contributed by atoms with Crippen LogP contribution >= 0.6 is 0 Å². The van der Waals surface area contributed by atoms with Crippen molar-refractivity contribution in [3.05, 3.63) is 35.9 Å². The molecular weight excluding hydrogens is 578 g/mol. The number of benzene rings is 1. The van der Waals surface area contributed by atoms with Gasteiger partial charge >= 0.3 is 17.9 Å². The maximum absolute atomic E-state index is 13.7. The molecule has 0 aliphatic carbocycles. The zero-order valence-electron chi connectivity index (χ0n) is 30.1. The lowest BCUT2D eigenvalue weighted by Crippen LogP contribution is -2.38. The molecule has 0 heterocycles. The Morgan fingerprint density at radius 1 is 0.848 bits per heavy atom. The Morgan fingerprint density at radius 3 is 1.96 bits per heavy atom. The number of nitrogens with zero attached hydrogens (tertiary/aromatic N) is 1. The summed E-state index contributed by atoms with van der Waals surface area (Å²) in [6, 6.07) is 12.3. The van der Waals surface area contributed by atoms with E-state index < -0.39 is 46.7 Å². The molecule has 0 aromatic heterocycles. The van der Waals surface area contributed by atoms with Crippen LogP contribution in [0.5, 0.6) is 0 Å². The SMILES string of the molecule is CCCCCCCCCCC(C)OC(=O)C(CC(CC(C#N)CC(CC)c1ccccc1)C(=O)O)CC(C)(C)C(=O)OC(C)(C)C. The third-order valence-corrected chi connectivity index (χ3v) is 8.83. The van der Waals surface area contributed by atoms with Crippen molar-refractivity contribution in [1.82, 2.24) is 0 Å². The minimum atomic E-state index is -1.05. The summed E-state index contributed by atoms with van der Waals surface area (Å²) >= 11 is 0. The van der Waals surface area contributed by atoms with Gasteiger partial charge < -0.3 is 14.6 Å². The summed E-state index contributed by atoms with van der Waals surface area (Å²) in [6.45, 7) is 15.0. The zero-order chi connectivity index (χ0) is 34.8. The van der Waals surface area contributed by atoms with E-state index in [1.807, 2.05) is 37.3 Å². The van der Waals surface area contributed by atoms with Gasteiger partial charge in [0, 0.05) is 5.92 Å². The summed E-state index contributed by atoms with van der Waals surface area (Å²) in [6.07, 6.45) is 11.5. The number of aliphatic carboxylic acids is 1. The first kappa shape index (κ1) is 41.1. The molecule has 0 fully saturated rings. The number of rotatable bonds is 23. The van der Waals surface area contributed by atoms with Crippen LogP contribution in [-0.4, -0.2) is 34.7 Å². The van der Waals surface area contributed by atoms with Crippen molar-refractivity contribution in [2.75, 3.05) is 0 Å². The van der Waals surface area contributed by atoms with Crippen LogP contribution in [0.2, 0.25) is 0 Å². The van der Waals surface area contributed by atoms with Crippen molar-refractivity contribution >= 4 is 17.9 Å². The van der Waals surface area contributed by atoms with Gasteiger partial charge in [-0.25, -0.2) is 0 Å². The first-order valence-corrected chi connectivity index (χ1v) is 17.7. The molecule has 1 N–H and O–H groups in total. The molecule has 0 saturated carbocycles. The molecule has 0 saturated heterocycles. The van der Waals surface area contributed by atoms with E-state index in [0.29, 0.717) is 6.42 Å². The van der Waals surface area contributed by atoms with Gasteiger partial charge in [0.15, 0.2) is 0 Å². The summed E-state index contributed by atoms with van der Waals surface area (Å²) in [5.41, 5.74) is -0.619. The minimum absolute atomic E-state index is 0.00875. The number of hydrogen-bond donors (Lipinski definition) is 1. The second-order valence-corrected chi connectivity index (χ2v) is 14.9. The van der Waals surface area contributed by atoms with Crippen molar-refractivity contribution in [1.29, 1.82) is 5.26 Å². The smallest absolute Gasteiger partial charge is 0.312 e. The molecule has 5 unspecified atom stereocenters. The van der Waals surface area contributed by atoms with Gasteiger partial charge in [-0.15, -0.1) is 0 Å². The predicted octanol–water partition coefficient (Wildman–Crippen LogP) is 10.0. The lowest BCUT2D eigenvalue weighted by atomic mass is 9.76. The normalized spacial score (nSPS) is 15.2. The topological polar surface area (TPSA) is 114 Å². The average molecular weight is 642 g/mol. The number of nitriles is 1. The highest BCUT2D eigenvalue weighted by molar-refractivity contribution is 5.79. The van der Waals surface area contributed by atoms with Gasteiger partial charge in [0.25, 0.3) is 0 Å². The summed E-state index contributed by atoms with van der Waals surface area (Å²) in [5.74, 6) is -4.12. The van der Waals surface area contributed by atoms with Crippen molar-refractivity contribution in [3.63, 3.8) is 0 Å². The van der Waals surface area contributed by atoms with Crippen LogP contribution in [0.15, 0.2) is 30.3 Å². The lowest BCUT2D eigenvalue weighted by molar-refractivity contribution is -0.168. The molecule has 0 aliphatic heterocycles. The number of ether oxygens (including phenoxy) is 2. The summed E-state index contributed by atoms with van der Waals surface area (Å²) in [7, 11) is 0. The Kier molecular flexibility index (Phi) is 18.9. The molecule has 0 bridgehead atoms. The molecule has 0 radical (unpaired) electrons. The summed E-state index contributed by atoms with van der Waals surface area (Å²) < 4.78 is 11.6. The Bertz CT molecular complexity index is 1070. The summed E-state index contributed by atoms with van der Waals surface area (Å²) in [5, 5.41) is 20.3. The highest BCUT2D eigenvalue weighted by Gasteiger charge is 2.40. The standard InChI is InChI=1S/C39H63NO6/c1-9-11-12-13-14-15-16-18-21-29(3)45-36(43)34(27-39(7,8)37(44)46-38(4,5)6)26-33(35(41)42)25-30(28-40)24-31(10-2)32-22-19-17-20-23-32/h17,19-20,22-23,29-31,33-34H,9-16,18,21,24-27H2,1-8H3,(H,41,42). The molecule has 46 heavy (non-hydrogen) atoms. The Balaban J connectivity index is 3.04. The monoisotopic (exact) mass is 641 g/mol. The van der Waals surface area contributed by atoms with E-state index in [9.17, 15) is 24.8 Å². The molecule has 1 aromatic rings. The van der Waals surface area contributed by atoms with Gasteiger partial charge in [-0.2, -0.15) is 5.26 Å². The molecule has 0 spiro atoms.